The summed E-state index contributed by atoms with van der Waals surface area (Å²) in [4.78, 5) is 0. The SMILES string of the molecule is CNC(c1cc(Br)sc1Br)C1CCCCCCC1. The molecule has 0 spiro atoms. The van der Waals surface area contributed by atoms with Gasteiger partial charge in [-0.2, -0.15) is 0 Å². The maximum absolute atomic E-state index is 3.71. The van der Waals surface area contributed by atoms with Gasteiger partial charge >= 0.3 is 0 Å². The zero-order valence-electron chi connectivity index (χ0n) is 10.8. The van der Waals surface area contributed by atoms with Crippen LogP contribution >= 0.6 is 43.2 Å². The lowest BCUT2D eigenvalue weighted by atomic mass is 9.83. The van der Waals surface area contributed by atoms with Crippen LogP contribution in [0.15, 0.2) is 13.6 Å². The molecular weight excluding hydrogens is 374 g/mol. The topological polar surface area (TPSA) is 12.0 Å². The van der Waals surface area contributed by atoms with Crippen molar-refractivity contribution in [1.29, 1.82) is 0 Å². The molecule has 0 radical (unpaired) electrons. The summed E-state index contributed by atoms with van der Waals surface area (Å²) in [5, 5.41) is 3.55. The summed E-state index contributed by atoms with van der Waals surface area (Å²) in [7, 11) is 2.10. The Kier molecular flexibility index (Phi) is 6.19. The van der Waals surface area contributed by atoms with E-state index < -0.39 is 0 Å². The molecule has 1 N–H and O–H groups in total. The lowest BCUT2D eigenvalue weighted by molar-refractivity contribution is 0.299. The van der Waals surface area contributed by atoms with Crippen molar-refractivity contribution in [2.75, 3.05) is 7.05 Å². The van der Waals surface area contributed by atoms with Crippen LogP contribution in [0, 0.1) is 5.92 Å². The van der Waals surface area contributed by atoms with Gasteiger partial charge in [-0.15, -0.1) is 11.3 Å². The molecule has 1 unspecified atom stereocenters. The normalized spacial score (nSPS) is 20.4. The van der Waals surface area contributed by atoms with Gasteiger partial charge in [-0.3, -0.25) is 0 Å². The van der Waals surface area contributed by atoms with Crippen molar-refractivity contribution in [2.45, 2.75) is 51.0 Å². The fourth-order valence-corrected chi connectivity index (χ4v) is 5.96. The van der Waals surface area contributed by atoms with Gasteiger partial charge in [-0.1, -0.05) is 32.1 Å². The van der Waals surface area contributed by atoms with E-state index in [0.29, 0.717) is 6.04 Å². The second-order valence-corrected chi connectivity index (χ2v) is 8.90. The fourth-order valence-electron chi connectivity index (χ4n) is 3.03. The van der Waals surface area contributed by atoms with Gasteiger partial charge in [-0.05, 0) is 69.3 Å². The van der Waals surface area contributed by atoms with E-state index in [2.05, 4.69) is 50.3 Å². The predicted octanol–water partition coefficient (Wildman–Crippen LogP) is 5.89. The zero-order chi connectivity index (χ0) is 13.0. The molecule has 0 amide bonds. The summed E-state index contributed by atoms with van der Waals surface area (Å²) in [6, 6.07) is 2.77. The third-order valence-electron chi connectivity index (χ3n) is 3.95. The monoisotopic (exact) mass is 393 g/mol. The first-order valence-corrected chi connectivity index (χ1v) is 9.24. The summed E-state index contributed by atoms with van der Waals surface area (Å²) in [5.41, 5.74) is 1.43. The highest BCUT2D eigenvalue weighted by Crippen LogP contribution is 2.41. The number of hydrogen-bond donors (Lipinski definition) is 1. The van der Waals surface area contributed by atoms with E-state index in [1.165, 1.54) is 58.1 Å². The maximum atomic E-state index is 3.71. The molecule has 0 aliphatic heterocycles. The van der Waals surface area contributed by atoms with Crippen LogP contribution in [0.3, 0.4) is 0 Å². The van der Waals surface area contributed by atoms with Crippen LogP contribution in [0.1, 0.15) is 56.6 Å². The first-order valence-electron chi connectivity index (χ1n) is 6.84. The number of hydrogen-bond acceptors (Lipinski definition) is 2. The van der Waals surface area contributed by atoms with Gasteiger partial charge in [0.25, 0.3) is 0 Å². The Morgan fingerprint density at radius 1 is 1.17 bits per heavy atom. The van der Waals surface area contributed by atoms with E-state index in [-0.39, 0.29) is 0 Å². The first kappa shape index (κ1) is 15.0. The molecule has 1 aliphatic carbocycles. The Hall–Kier alpha value is 0.620. The lowest BCUT2D eigenvalue weighted by Gasteiger charge is -2.28. The molecule has 1 aliphatic rings. The van der Waals surface area contributed by atoms with E-state index in [1.54, 1.807) is 11.3 Å². The molecular formula is C14H21Br2NS. The van der Waals surface area contributed by atoms with Gasteiger partial charge < -0.3 is 5.32 Å². The quantitative estimate of drug-likeness (QED) is 0.673. The van der Waals surface area contributed by atoms with Gasteiger partial charge in [0, 0.05) is 6.04 Å². The third kappa shape index (κ3) is 3.81. The average Bonchev–Trinajstić information content (AvgIpc) is 2.62. The molecule has 1 aromatic rings. The second-order valence-electron chi connectivity index (χ2n) is 5.15. The van der Waals surface area contributed by atoms with Crippen molar-refractivity contribution >= 4 is 43.2 Å². The minimum absolute atomic E-state index is 0.500. The molecule has 1 atom stereocenters. The highest BCUT2D eigenvalue weighted by Gasteiger charge is 2.25. The fraction of sp³-hybridized carbons (Fsp3) is 0.714. The molecule has 102 valence electrons. The van der Waals surface area contributed by atoms with Crippen LogP contribution in [0.5, 0.6) is 0 Å². The maximum Gasteiger partial charge on any atom is 0.0758 e. The zero-order valence-corrected chi connectivity index (χ0v) is 14.8. The van der Waals surface area contributed by atoms with Crippen molar-refractivity contribution in [2.24, 2.45) is 5.92 Å². The van der Waals surface area contributed by atoms with Crippen molar-refractivity contribution in [3.63, 3.8) is 0 Å². The Morgan fingerprint density at radius 2 is 1.78 bits per heavy atom. The molecule has 1 nitrogen and oxygen atoms in total. The molecule has 0 saturated heterocycles. The van der Waals surface area contributed by atoms with Gasteiger partial charge in [-0.25, -0.2) is 0 Å². The van der Waals surface area contributed by atoms with E-state index >= 15 is 0 Å². The minimum Gasteiger partial charge on any atom is -0.313 e. The van der Waals surface area contributed by atoms with Crippen molar-refractivity contribution in [3.8, 4) is 0 Å². The highest BCUT2D eigenvalue weighted by molar-refractivity contribution is 9.12. The third-order valence-corrected chi connectivity index (χ3v) is 6.34. The van der Waals surface area contributed by atoms with Crippen LogP contribution in [-0.4, -0.2) is 7.05 Å². The van der Waals surface area contributed by atoms with Crippen LogP contribution in [0.25, 0.3) is 0 Å². The summed E-state index contributed by atoms with van der Waals surface area (Å²) in [6.07, 6.45) is 9.79. The largest absolute Gasteiger partial charge is 0.313 e. The summed E-state index contributed by atoms with van der Waals surface area (Å²) >= 11 is 9.08. The Bertz CT molecular complexity index is 370. The van der Waals surface area contributed by atoms with Crippen LogP contribution in [-0.2, 0) is 0 Å². The molecule has 1 heterocycles. The molecule has 18 heavy (non-hydrogen) atoms. The van der Waals surface area contributed by atoms with Gasteiger partial charge in [0.1, 0.15) is 0 Å². The van der Waals surface area contributed by atoms with Crippen molar-refractivity contribution < 1.29 is 0 Å². The van der Waals surface area contributed by atoms with Crippen LogP contribution < -0.4 is 5.32 Å². The standard InChI is InChI=1S/C14H21Br2NS/c1-17-13(11-9-12(15)18-14(11)16)10-7-5-3-2-4-6-8-10/h9-10,13,17H,2-8H2,1H3. The molecule has 1 aromatic heterocycles. The smallest absolute Gasteiger partial charge is 0.0758 e. The van der Waals surface area contributed by atoms with E-state index in [4.69, 9.17) is 0 Å². The summed E-state index contributed by atoms with van der Waals surface area (Å²) in [6.45, 7) is 0. The number of thiophene rings is 1. The molecule has 1 saturated carbocycles. The van der Waals surface area contributed by atoms with E-state index in [0.717, 1.165) is 5.92 Å². The first-order chi connectivity index (χ1) is 8.72. The van der Waals surface area contributed by atoms with E-state index in [9.17, 15) is 0 Å². The minimum atomic E-state index is 0.500. The molecule has 0 aromatic carbocycles. The van der Waals surface area contributed by atoms with E-state index in [1.807, 2.05) is 0 Å². The van der Waals surface area contributed by atoms with Gasteiger partial charge in [0.15, 0.2) is 0 Å². The summed E-state index contributed by atoms with van der Waals surface area (Å²) < 4.78 is 2.49. The molecule has 2 rings (SSSR count). The Morgan fingerprint density at radius 3 is 2.28 bits per heavy atom. The Balaban J connectivity index is 2.13. The Labute approximate surface area is 131 Å². The molecule has 0 bridgehead atoms. The molecule has 1 fully saturated rings. The lowest BCUT2D eigenvalue weighted by Crippen LogP contribution is -2.25. The predicted molar refractivity (Wildman–Crippen MR) is 87.3 cm³/mol. The highest BCUT2D eigenvalue weighted by atomic mass is 79.9. The average molecular weight is 395 g/mol. The second kappa shape index (κ2) is 7.41. The van der Waals surface area contributed by atoms with Crippen molar-refractivity contribution in [1.82, 2.24) is 5.32 Å². The van der Waals surface area contributed by atoms with Gasteiger partial charge in [0.2, 0.25) is 0 Å². The number of halogens is 2. The van der Waals surface area contributed by atoms with Gasteiger partial charge in [0.05, 0.1) is 7.57 Å². The number of nitrogens with one attached hydrogen (secondary N) is 1. The van der Waals surface area contributed by atoms with Crippen LogP contribution in [0.2, 0.25) is 0 Å². The van der Waals surface area contributed by atoms with Crippen molar-refractivity contribution in [3.05, 3.63) is 19.2 Å². The number of rotatable bonds is 3. The molecule has 4 heteroatoms. The van der Waals surface area contributed by atoms with Crippen LogP contribution in [0.4, 0.5) is 0 Å². The summed E-state index contributed by atoms with van der Waals surface area (Å²) in [5.74, 6) is 0.785.